The van der Waals surface area contributed by atoms with E-state index in [0.717, 1.165) is 12.8 Å². The van der Waals surface area contributed by atoms with Gasteiger partial charge in [0.1, 0.15) is 10.7 Å². The minimum absolute atomic E-state index is 0.00433. The zero-order valence-corrected chi connectivity index (χ0v) is 14.4. The molecule has 0 radical (unpaired) electrons. The maximum absolute atomic E-state index is 12.9. The summed E-state index contributed by atoms with van der Waals surface area (Å²) in [6.45, 7) is 1.32. The van der Waals surface area contributed by atoms with Crippen molar-refractivity contribution >= 4 is 33.9 Å². The molecule has 0 bridgehead atoms. The Balaban J connectivity index is 2.03. The minimum Gasteiger partial charge on any atom is -0.360 e. The molecule has 0 aliphatic heterocycles. The van der Waals surface area contributed by atoms with E-state index in [1.165, 1.54) is 25.1 Å². The van der Waals surface area contributed by atoms with Crippen LogP contribution < -0.4 is 0 Å². The number of rotatable bonds is 6. The molecule has 6 nitrogen and oxygen atoms in total. The molecule has 1 aliphatic carbocycles. The molecule has 1 aliphatic rings. The molecular weight excluding hydrogens is 354 g/mol. The topological polar surface area (TPSA) is 94.3 Å². The second-order valence-corrected chi connectivity index (χ2v) is 7.12. The summed E-state index contributed by atoms with van der Waals surface area (Å²) < 4.78 is 26.8. The average Bonchev–Trinajstić information content (AvgIpc) is 3.24. The molecule has 0 saturated heterocycles. The Labute approximate surface area is 144 Å². The Morgan fingerprint density at radius 1 is 1.33 bits per heavy atom. The van der Waals surface area contributed by atoms with E-state index in [9.17, 15) is 18.0 Å². The summed E-state index contributed by atoms with van der Waals surface area (Å²) >= 11 is 6.15. The van der Waals surface area contributed by atoms with Crippen molar-refractivity contribution in [2.45, 2.75) is 31.4 Å². The molecule has 126 valence electrons. The lowest BCUT2D eigenvalue weighted by molar-refractivity contribution is 0.0985. The first kappa shape index (κ1) is 16.9. The van der Waals surface area contributed by atoms with E-state index in [4.69, 9.17) is 16.1 Å². The third kappa shape index (κ3) is 3.27. The lowest BCUT2D eigenvalue weighted by Gasteiger charge is -2.06. The van der Waals surface area contributed by atoms with Crippen molar-refractivity contribution in [2.75, 3.05) is 0 Å². The fraction of sp³-hybridized carbons (Fsp3) is 0.312. The number of carbonyl (C=O) groups is 2. The Morgan fingerprint density at radius 3 is 2.58 bits per heavy atom. The van der Waals surface area contributed by atoms with Crippen molar-refractivity contribution < 1.29 is 22.5 Å². The van der Waals surface area contributed by atoms with Gasteiger partial charge < -0.3 is 4.52 Å². The number of aromatic nitrogens is 1. The molecule has 1 heterocycles. The summed E-state index contributed by atoms with van der Waals surface area (Å²) in [6, 6.07) is 4.44. The highest BCUT2D eigenvalue weighted by atomic mass is 35.5. The number of hydrogen-bond donors (Lipinski definition) is 1. The highest BCUT2D eigenvalue weighted by molar-refractivity contribution is 7.71. The van der Waals surface area contributed by atoms with Gasteiger partial charge in [-0.1, -0.05) is 22.8 Å². The van der Waals surface area contributed by atoms with E-state index in [-0.39, 0.29) is 39.3 Å². The van der Waals surface area contributed by atoms with E-state index in [2.05, 4.69) is 5.16 Å². The van der Waals surface area contributed by atoms with E-state index < -0.39 is 16.5 Å². The van der Waals surface area contributed by atoms with Gasteiger partial charge in [-0.3, -0.25) is 9.59 Å². The molecule has 0 spiro atoms. The SMILES string of the molecule is CC(=O)c1noc(C2CC2)c1C(=O)c1ccc(C[SH](=O)=O)cc1Cl. The standard InChI is InChI=1S/C16H14ClNO5S/c1-8(19)14-13(16(23-18-14)10-3-4-10)15(20)11-5-2-9(6-12(11)17)7-24(21)22/h2,5-6,10,24H,3-4,7H2,1H3. The van der Waals surface area contributed by atoms with Crippen LogP contribution in [-0.2, 0) is 16.5 Å². The van der Waals surface area contributed by atoms with Crippen LogP contribution in [0.5, 0.6) is 0 Å². The molecule has 0 N–H and O–H groups in total. The molecule has 0 atom stereocenters. The average molecular weight is 368 g/mol. The molecule has 1 fully saturated rings. The Morgan fingerprint density at radius 2 is 2.04 bits per heavy atom. The second kappa shape index (κ2) is 6.49. The first-order valence-electron chi connectivity index (χ1n) is 7.34. The molecule has 0 unspecified atom stereocenters. The van der Waals surface area contributed by atoms with Crippen LogP contribution in [0.25, 0.3) is 0 Å². The van der Waals surface area contributed by atoms with Gasteiger partial charge in [0.05, 0.1) is 16.3 Å². The number of carbonyl (C=O) groups excluding carboxylic acids is 2. The first-order valence-corrected chi connectivity index (χ1v) is 9.08. The smallest absolute Gasteiger partial charge is 0.200 e. The quantitative estimate of drug-likeness (QED) is 0.623. The Bertz CT molecular complexity index is 903. The van der Waals surface area contributed by atoms with Crippen molar-refractivity contribution in [1.82, 2.24) is 5.16 Å². The van der Waals surface area contributed by atoms with Crippen LogP contribution in [0, 0.1) is 0 Å². The van der Waals surface area contributed by atoms with E-state index >= 15 is 0 Å². The van der Waals surface area contributed by atoms with Gasteiger partial charge in [-0.2, -0.15) is 0 Å². The first-order chi connectivity index (χ1) is 11.4. The van der Waals surface area contributed by atoms with Gasteiger partial charge in [0.25, 0.3) is 0 Å². The minimum atomic E-state index is -2.58. The van der Waals surface area contributed by atoms with Crippen LogP contribution in [0.4, 0.5) is 0 Å². The fourth-order valence-electron chi connectivity index (χ4n) is 2.51. The molecule has 2 aromatic rings. The maximum Gasteiger partial charge on any atom is 0.200 e. The van der Waals surface area contributed by atoms with Crippen LogP contribution in [-0.4, -0.2) is 25.1 Å². The van der Waals surface area contributed by atoms with Gasteiger partial charge in [0, 0.05) is 18.4 Å². The Hall–Kier alpha value is -1.99. The summed E-state index contributed by atoms with van der Waals surface area (Å²) in [5, 5.41) is 3.87. The highest BCUT2D eigenvalue weighted by Crippen LogP contribution is 2.43. The zero-order chi connectivity index (χ0) is 17.4. The maximum atomic E-state index is 12.9. The van der Waals surface area contributed by atoms with E-state index in [1.54, 1.807) is 0 Å². The van der Waals surface area contributed by atoms with E-state index in [1.807, 2.05) is 0 Å². The van der Waals surface area contributed by atoms with Crippen LogP contribution >= 0.6 is 11.6 Å². The van der Waals surface area contributed by atoms with Crippen molar-refractivity contribution in [3.63, 3.8) is 0 Å². The lowest BCUT2D eigenvalue weighted by Crippen LogP contribution is -2.10. The predicted octanol–water partition coefficient (Wildman–Crippen LogP) is 2.75. The molecule has 1 saturated carbocycles. The van der Waals surface area contributed by atoms with Crippen molar-refractivity contribution in [1.29, 1.82) is 0 Å². The molecule has 24 heavy (non-hydrogen) atoms. The molecular formula is C16H14ClNO5S. The van der Waals surface area contributed by atoms with Gasteiger partial charge in [-0.15, -0.1) is 0 Å². The van der Waals surface area contributed by atoms with Crippen molar-refractivity contribution in [3.05, 3.63) is 51.4 Å². The number of halogens is 1. The van der Waals surface area contributed by atoms with Crippen molar-refractivity contribution in [2.24, 2.45) is 0 Å². The van der Waals surface area contributed by atoms with Crippen LogP contribution in [0.15, 0.2) is 22.7 Å². The number of thiol groups is 1. The molecule has 0 amide bonds. The summed E-state index contributed by atoms with van der Waals surface area (Å²) in [4.78, 5) is 24.6. The number of benzene rings is 1. The number of nitrogens with zero attached hydrogens (tertiary/aromatic N) is 1. The number of hydrogen-bond acceptors (Lipinski definition) is 6. The monoisotopic (exact) mass is 367 g/mol. The lowest BCUT2D eigenvalue weighted by atomic mass is 9.97. The van der Waals surface area contributed by atoms with Gasteiger partial charge in [0.15, 0.2) is 23.0 Å². The Kier molecular flexibility index (Phi) is 4.56. The summed E-state index contributed by atoms with van der Waals surface area (Å²) in [5.74, 6) is -0.417. The molecule has 1 aromatic carbocycles. The largest absolute Gasteiger partial charge is 0.360 e. The second-order valence-electron chi connectivity index (χ2n) is 5.74. The van der Waals surface area contributed by atoms with Crippen LogP contribution in [0.3, 0.4) is 0 Å². The van der Waals surface area contributed by atoms with Gasteiger partial charge in [-0.05, 0) is 30.5 Å². The van der Waals surface area contributed by atoms with Crippen LogP contribution in [0.2, 0.25) is 5.02 Å². The predicted molar refractivity (Wildman–Crippen MR) is 87.4 cm³/mol. The fourth-order valence-corrected chi connectivity index (χ4v) is 3.30. The van der Waals surface area contributed by atoms with Gasteiger partial charge in [-0.25, -0.2) is 8.42 Å². The van der Waals surface area contributed by atoms with Crippen LogP contribution in [0.1, 0.15) is 63.4 Å². The number of ketones is 2. The number of Topliss-reactive ketones (excluding diaryl/α,β-unsaturated/α-hetero) is 1. The molecule has 8 heteroatoms. The summed E-state index contributed by atoms with van der Waals surface area (Å²) in [6.07, 6.45) is 1.77. The third-order valence-electron chi connectivity index (χ3n) is 3.82. The highest BCUT2D eigenvalue weighted by Gasteiger charge is 2.36. The van der Waals surface area contributed by atoms with Crippen molar-refractivity contribution in [3.8, 4) is 0 Å². The van der Waals surface area contributed by atoms with E-state index in [0.29, 0.717) is 11.3 Å². The van der Waals surface area contributed by atoms with Gasteiger partial charge in [0.2, 0.25) is 0 Å². The molecule has 3 rings (SSSR count). The van der Waals surface area contributed by atoms with Gasteiger partial charge >= 0.3 is 0 Å². The third-order valence-corrected chi connectivity index (χ3v) is 4.75. The summed E-state index contributed by atoms with van der Waals surface area (Å²) in [7, 11) is -2.58. The molecule has 1 aromatic heterocycles. The zero-order valence-electron chi connectivity index (χ0n) is 12.7. The normalized spacial score (nSPS) is 14.1. The summed E-state index contributed by atoms with van der Waals surface area (Å²) in [5.41, 5.74) is 0.848.